The summed E-state index contributed by atoms with van der Waals surface area (Å²) in [6.45, 7) is 0. The van der Waals surface area contributed by atoms with E-state index in [4.69, 9.17) is 0 Å². The van der Waals surface area contributed by atoms with Gasteiger partial charge in [0.25, 0.3) is 0 Å². The van der Waals surface area contributed by atoms with Crippen molar-refractivity contribution in [3.8, 4) is 5.69 Å². The second kappa shape index (κ2) is 4.34. The molecule has 0 radical (unpaired) electrons. The van der Waals surface area contributed by atoms with Crippen LogP contribution in [0.3, 0.4) is 0 Å². The Hall–Kier alpha value is -1.90. The van der Waals surface area contributed by atoms with Gasteiger partial charge in [-0.1, -0.05) is 0 Å². The van der Waals surface area contributed by atoms with E-state index in [1.807, 2.05) is 0 Å². The highest BCUT2D eigenvalue weighted by molar-refractivity contribution is 7.90. The second-order valence-electron chi connectivity index (χ2n) is 3.77. The average molecular weight is 291 g/mol. The Balaban J connectivity index is 2.36. The van der Waals surface area contributed by atoms with Crippen molar-refractivity contribution in [2.24, 2.45) is 0 Å². The summed E-state index contributed by atoms with van der Waals surface area (Å²) in [4.78, 5) is 3.67. The molecular formula is C10H8F3N3O2S. The topological polar surface area (TPSA) is 64.8 Å². The van der Waals surface area contributed by atoms with Gasteiger partial charge >= 0.3 is 6.18 Å². The molecule has 0 fully saturated rings. The lowest BCUT2D eigenvalue weighted by atomic mass is 10.4. The van der Waals surface area contributed by atoms with Crippen molar-refractivity contribution in [1.82, 2.24) is 14.8 Å². The van der Waals surface area contributed by atoms with Gasteiger partial charge < -0.3 is 0 Å². The highest BCUT2D eigenvalue weighted by Crippen LogP contribution is 2.27. The van der Waals surface area contributed by atoms with Crippen molar-refractivity contribution in [3.63, 3.8) is 0 Å². The lowest BCUT2D eigenvalue weighted by Crippen LogP contribution is -2.07. The number of pyridine rings is 1. The summed E-state index contributed by atoms with van der Waals surface area (Å²) < 4.78 is 60.4. The van der Waals surface area contributed by atoms with Gasteiger partial charge in [0.1, 0.15) is 0 Å². The van der Waals surface area contributed by atoms with E-state index in [1.165, 1.54) is 12.1 Å². The normalized spacial score (nSPS) is 12.6. The van der Waals surface area contributed by atoms with Crippen molar-refractivity contribution in [1.29, 1.82) is 0 Å². The molecule has 0 N–H and O–H groups in total. The lowest BCUT2D eigenvalue weighted by molar-refractivity contribution is -0.141. The molecule has 0 bridgehead atoms. The Labute approximate surface area is 106 Å². The zero-order chi connectivity index (χ0) is 14.3. The van der Waals surface area contributed by atoms with Crippen LogP contribution in [0.25, 0.3) is 5.69 Å². The van der Waals surface area contributed by atoms with E-state index in [-0.39, 0.29) is 10.7 Å². The van der Waals surface area contributed by atoms with Crippen LogP contribution in [-0.2, 0) is 16.0 Å². The second-order valence-corrected chi connectivity index (χ2v) is 5.73. The number of sulfone groups is 1. The van der Waals surface area contributed by atoms with E-state index in [0.717, 1.165) is 29.4 Å². The number of hydrogen-bond acceptors (Lipinski definition) is 4. The van der Waals surface area contributed by atoms with Gasteiger partial charge in [-0.15, -0.1) is 0 Å². The Bertz CT molecular complexity index is 690. The molecular weight excluding hydrogens is 283 g/mol. The van der Waals surface area contributed by atoms with Crippen LogP contribution in [0.1, 0.15) is 5.69 Å². The molecule has 0 aliphatic carbocycles. The molecule has 0 spiro atoms. The van der Waals surface area contributed by atoms with E-state index in [9.17, 15) is 21.6 Å². The quantitative estimate of drug-likeness (QED) is 0.844. The first-order valence-corrected chi connectivity index (χ1v) is 6.86. The van der Waals surface area contributed by atoms with Crippen molar-refractivity contribution in [2.45, 2.75) is 11.2 Å². The molecule has 19 heavy (non-hydrogen) atoms. The maximum absolute atomic E-state index is 12.4. The van der Waals surface area contributed by atoms with E-state index in [2.05, 4.69) is 10.1 Å². The SMILES string of the molecule is CS(=O)(=O)c1ccc(-n2ccc(C(F)(F)F)n2)cn1. The number of aromatic nitrogens is 3. The fourth-order valence-electron chi connectivity index (χ4n) is 1.35. The minimum Gasteiger partial charge on any atom is -0.242 e. The molecule has 2 aromatic rings. The predicted molar refractivity (Wildman–Crippen MR) is 59.5 cm³/mol. The average Bonchev–Trinajstić information content (AvgIpc) is 2.77. The van der Waals surface area contributed by atoms with Gasteiger partial charge in [-0.2, -0.15) is 18.3 Å². The molecule has 5 nitrogen and oxygen atoms in total. The molecule has 0 aliphatic heterocycles. The lowest BCUT2D eigenvalue weighted by Gasteiger charge is -2.03. The molecule has 0 saturated heterocycles. The van der Waals surface area contributed by atoms with Crippen LogP contribution in [0.5, 0.6) is 0 Å². The first-order chi connectivity index (χ1) is 8.68. The van der Waals surface area contributed by atoms with E-state index >= 15 is 0 Å². The van der Waals surface area contributed by atoms with Crippen molar-refractivity contribution in [2.75, 3.05) is 6.26 Å². The van der Waals surface area contributed by atoms with Gasteiger partial charge in [0.2, 0.25) is 0 Å². The standard InChI is InChI=1S/C10H8F3N3O2S/c1-19(17,18)9-3-2-7(6-14-9)16-5-4-8(15-16)10(11,12)13/h2-6H,1H3. The third kappa shape index (κ3) is 2.92. The molecule has 9 heteroatoms. The molecule has 2 aromatic heterocycles. The van der Waals surface area contributed by atoms with Gasteiger partial charge in [-0.3, -0.25) is 0 Å². The smallest absolute Gasteiger partial charge is 0.242 e. The van der Waals surface area contributed by atoms with Crippen LogP contribution in [0.15, 0.2) is 35.6 Å². The summed E-state index contributed by atoms with van der Waals surface area (Å²) in [5.74, 6) is 0. The van der Waals surface area contributed by atoms with Crippen LogP contribution in [0, 0.1) is 0 Å². The van der Waals surface area contributed by atoms with Crippen molar-refractivity contribution < 1.29 is 21.6 Å². The fraction of sp³-hybridized carbons (Fsp3) is 0.200. The van der Waals surface area contributed by atoms with Crippen LogP contribution in [0.2, 0.25) is 0 Å². The van der Waals surface area contributed by atoms with E-state index in [0.29, 0.717) is 0 Å². The van der Waals surface area contributed by atoms with Crippen molar-refractivity contribution in [3.05, 3.63) is 36.3 Å². The minimum atomic E-state index is -4.52. The molecule has 0 aliphatic rings. The number of nitrogens with zero attached hydrogens (tertiary/aromatic N) is 3. The van der Waals surface area contributed by atoms with Crippen LogP contribution < -0.4 is 0 Å². The Morgan fingerprint density at radius 1 is 1.21 bits per heavy atom. The number of halogens is 3. The monoisotopic (exact) mass is 291 g/mol. The predicted octanol–water partition coefficient (Wildman–Crippen LogP) is 1.69. The molecule has 0 saturated carbocycles. The molecule has 0 unspecified atom stereocenters. The largest absolute Gasteiger partial charge is 0.435 e. The first-order valence-electron chi connectivity index (χ1n) is 4.97. The summed E-state index contributed by atoms with van der Waals surface area (Å²) in [6.07, 6.45) is -1.26. The van der Waals surface area contributed by atoms with Gasteiger partial charge in [-0.05, 0) is 18.2 Å². The fourth-order valence-corrected chi connectivity index (χ4v) is 1.91. The summed E-state index contributed by atoms with van der Waals surface area (Å²) >= 11 is 0. The molecule has 0 atom stereocenters. The van der Waals surface area contributed by atoms with Crippen LogP contribution in [0.4, 0.5) is 13.2 Å². The molecule has 0 amide bonds. The van der Waals surface area contributed by atoms with E-state index < -0.39 is 21.7 Å². The van der Waals surface area contributed by atoms with Gasteiger partial charge in [-0.25, -0.2) is 18.1 Å². The number of hydrogen-bond donors (Lipinski definition) is 0. The Morgan fingerprint density at radius 3 is 2.32 bits per heavy atom. The molecule has 102 valence electrons. The van der Waals surface area contributed by atoms with Crippen molar-refractivity contribution >= 4 is 9.84 Å². The maximum Gasteiger partial charge on any atom is 0.435 e. The number of alkyl halides is 3. The Kier molecular flexibility index (Phi) is 3.09. The molecule has 2 heterocycles. The minimum absolute atomic E-state index is 0.153. The zero-order valence-corrected chi connectivity index (χ0v) is 10.4. The van der Waals surface area contributed by atoms with Gasteiger partial charge in [0.05, 0.1) is 11.9 Å². The summed E-state index contributed by atoms with van der Waals surface area (Å²) in [7, 11) is -3.44. The summed E-state index contributed by atoms with van der Waals surface area (Å²) in [5.41, 5.74) is -0.789. The number of rotatable bonds is 2. The maximum atomic E-state index is 12.4. The third-order valence-electron chi connectivity index (χ3n) is 2.24. The first kappa shape index (κ1) is 13.5. The van der Waals surface area contributed by atoms with Crippen LogP contribution in [-0.4, -0.2) is 29.4 Å². The molecule has 0 aromatic carbocycles. The summed E-state index contributed by atoms with van der Waals surface area (Å²) in [5, 5.41) is 3.19. The highest BCUT2D eigenvalue weighted by atomic mass is 32.2. The highest BCUT2D eigenvalue weighted by Gasteiger charge is 2.33. The zero-order valence-electron chi connectivity index (χ0n) is 9.59. The third-order valence-corrected chi connectivity index (χ3v) is 3.25. The van der Waals surface area contributed by atoms with Gasteiger partial charge in [0, 0.05) is 12.5 Å². The Morgan fingerprint density at radius 2 is 1.89 bits per heavy atom. The van der Waals surface area contributed by atoms with E-state index in [1.54, 1.807) is 0 Å². The van der Waals surface area contributed by atoms with Crippen LogP contribution >= 0.6 is 0 Å². The molecule has 2 rings (SSSR count). The summed E-state index contributed by atoms with van der Waals surface area (Å²) in [6, 6.07) is 3.36. The van der Waals surface area contributed by atoms with Gasteiger partial charge in [0.15, 0.2) is 20.6 Å².